The number of hydrogen-bond donors (Lipinski definition) is 2. The molecule has 1 fully saturated rings. The van der Waals surface area contributed by atoms with Crippen LogP contribution in [0.2, 0.25) is 0 Å². The van der Waals surface area contributed by atoms with E-state index in [-0.39, 0.29) is 11.4 Å². The van der Waals surface area contributed by atoms with Gasteiger partial charge in [0.2, 0.25) is 10.0 Å². The molecule has 1 saturated heterocycles. The van der Waals surface area contributed by atoms with Crippen molar-refractivity contribution in [2.24, 2.45) is 5.92 Å². The van der Waals surface area contributed by atoms with E-state index in [9.17, 15) is 18.0 Å². The van der Waals surface area contributed by atoms with Crippen molar-refractivity contribution in [2.75, 3.05) is 19.6 Å². The van der Waals surface area contributed by atoms with Gasteiger partial charge in [-0.25, -0.2) is 8.42 Å². The lowest BCUT2D eigenvalue weighted by molar-refractivity contribution is -0.141. The summed E-state index contributed by atoms with van der Waals surface area (Å²) in [5.74, 6) is -1.97. The number of amides is 1. The molecule has 26 heavy (non-hydrogen) atoms. The van der Waals surface area contributed by atoms with Crippen LogP contribution >= 0.6 is 0 Å². The Morgan fingerprint density at radius 1 is 1.15 bits per heavy atom. The van der Waals surface area contributed by atoms with E-state index in [1.165, 1.54) is 28.6 Å². The van der Waals surface area contributed by atoms with Crippen LogP contribution in [0.4, 0.5) is 0 Å². The van der Waals surface area contributed by atoms with Crippen molar-refractivity contribution < 1.29 is 23.1 Å². The number of hydrogen-bond acceptors (Lipinski definition) is 4. The quantitative estimate of drug-likeness (QED) is 0.716. The summed E-state index contributed by atoms with van der Waals surface area (Å²) in [6, 6.07) is 5.78. The van der Waals surface area contributed by atoms with E-state index in [1.54, 1.807) is 0 Å². The predicted molar refractivity (Wildman–Crippen MR) is 97.4 cm³/mol. The van der Waals surface area contributed by atoms with Gasteiger partial charge in [0.05, 0.1) is 10.8 Å². The monoisotopic (exact) mass is 382 g/mol. The fraction of sp³-hybridized carbons (Fsp3) is 0.556. The van der Waals surface area contributed by atoms with Gasteiger partial charge in [0.25, 0.3) is 5.91 Å². The molecule has 1 aromatic rings. The molecule has 0 radical (unpaired) electrons. The lowest BCUT2D eigenvalue weighted by Gasteiger charge is -2.25. The van der Waals surface area contributed by atoms with Crippen molar-refractivity contribution >= 4 is 21.9 Å². The van der Waals surface area contributed by atoms with E-state index in [1.807, 2.05) is 6.92 Å². The van der Waals surface area contributed by atoms with Crippen LogP contribution in [-0.4, -0.2) is 49.3 Å². The summed E-state index contributed by atoms with van der Waals surface area (Å²) < 4.78 is 26.7. The Labute approximate surface area is 154 Å². The second-order valence-corrected chi connectivity index (χ2v) is 8.46. The van der Waals surface area contributed by atoms with Crippen molar-refractivity contribution in [3.05, 3.63) is 29.8 Å². The molecule has 0 aromatic heterocycles. The molecule has 2 rings (SSSR count). The first kappa shape index (κ1) is 20.4. The molecular weight excluding hydrogens is 356 g/mol. The Balaban J connectivity index is 2.02. The average molecular weight is 382 g/mol. The van der Waals surface area contributed by atoms with Gasteiger partial charge in [0, 0.05) is 25.2 Å². The lowest BCUT2D eigenvalue weighted by Crippen LogP contribution is -2.35. The summed E-state index contributed by atoms with van der Waals surface area (Å²) in [6.07, 6.45) is 3.98. The number of nitrogens with one attached hydrogen (secondary N) is 1. The number of piperidine rings is 1. The highest BCUT2D eigenvalue weighted by atomic mass is 32.2. The minimum Gasteiger partial charge on any atom is -0.481 e. The minimum absolute atomic E-state index is 0.0514. The Morgan fingerprint density at radius 2 is 1.77 bits per heavy atom. The van der Waals surface area contributed by atoms with Crippen molar-refractivity contribution in [2.45, 2.75) is 43.9 Å². The first-order valence-corrected chi connectivity index (χ1v) is 10.4. The SMILES string of the molecule is CCCC(CNC(=O)c1ccc(S(=O)(=O)N2CCCCC2)cc1)C(=O)O. The zero-order valence-electron chi connectivity index (χ0n) is 15.0. The van der Waals surface area contributed by atoms with Gasteiger partial charge in [-0.2, -0.15) is 4.31 Å². The van der Waals surface area contributed by atoms with Gasteiger partial charge in [-0.15, -0.1) is 0 Å². The van der Waals surface area contributed by atoms with Gasteiger partial charge in [-0.3, -0.25) is 9.59 Å². The predicted octanol–water partition coefficient (Wildman–Crippen LogP) is 2.09. The van der Waals surface area contributed by atoms with E-state index < -0.39 is 27.8 Å². The number of carboxylic acid groups (broad SMARTS) is 1. The fourth-order valence-corrected chi connectivity index (χ4v) is 4.53. The van der Waals surface area contributed by atoms with Gasteiger partial charge >= 0.3 is 5.97 Å². The maximum atomic E-state index is 12.6. The van der Waals surface area contributed by atoms with Gasteiger partial charge in [0.15, 0.2) is 0 Å². The van der Waals surface area contributed by atoms with Gasteiger partial charge in [0.1, 0.15) is 0 Å². The first-order valence-electron chi connectivity index (χ1n) is 8.97. The molecule has 0 spiro atoms. The average Bonchev–Trinajstić information content (AvgIpc) is 2.65. The maximum Gasteiger partial charge on any atom is 0.308 e. The molecule has 7 nitrogen and oxygen atoms in total. The van der Waals surface area contributed by atoms with Gasteiger partial charge < -0.3 is 10.4 Å². The summed E-state index contributed by atoms with van der Waals surface area (Å²) >= 11 is 0. The van der Waals surface area contributed by atoms with Crippen molar-refractivity contribution in [3.63, 3.8) is 0 Å². The Hall–Kier alpha value is -1.93. The number of carbonyl (C=O) groups is 2. The number of nitrogens with zero attached hydrogens (tertiary/aromatic N) is 1. The molecule has 144 valence electrons. The second kappa shape index (κ2) is 9.14. The molecule has 8 heteroatoms. The fourth-order valence-electron chi connectivity index (χ4n) is 3.01. The van der Waals surface area contributed by atoms with Crippen LogP contribution in [0.1, 0.15) is 49.4 Å². The highest BCUT2D eigenvalue weighted by Gasteiger charge is 2.26. The third kappa shape index (κ3) is 5.04. The van der Waals surface area contributed by atoms with Gasteiger partial charge in [-0.1, -0.05) is 19.8 Å². The third-order valence-electron chi connectivity index (χ3n) is 4.56. The highest BCUT2D eigenvalue weighted by molar-refractivity contribution is 7.89. The molecule has 1 aliphatic rings. The standard InChI is InChI=1S/C18H26N2O5S/c1-2-6-15(18(22)23)13-19-17(21)14-7-9-16(10-8-14)26(24,25)20-11-4-3-5-12-20/h7-10,15H,2-6,11-13H2,1H3,(H,19,21)(H,22,23). The zero-order valence-corrected chi connectivity index (χ0v) is 15.8. The Kier molecular flexibility index (Phi) is 7.16. The normalized spacial score (nSPS) is 16.8. The molecule has 0 aliphatic carbocycles. The van der Waals surface area contributed by atoms with E-state index in [0.717, 1.165) is 25.7 Å². The topological polar surface area (TPSA) is 104 Å². The molecule has 1 aliphatic heterocycles. The van der Waals surface area contributed by atoms with Crippen LogP contribution in [0.25, 0.3) is 0 Å². The summed E-state index contributed by atoms with van der Waals surface area (Å²) in [4.78, 5) is 23.5. The van der Waals surface area contributed by atoms with Crippen LogP contribution in [0.5, 0.6) is 0 Å². The molecular formula is C18H26N2O5S. The molecule has 1 atom stereocenters. The van der Waals surface area contributed by atoms with Crippen molar-refractivity contribution in [1.82, 2.24) is 9.62 Å². The van der Waals surface area contributed by atoms with E-state index in [2.05, 4.69) is 5.32 Å². The Morgan fingerprint density at radius 3 is 2.31 bits per heavy atom. The van der Waals surface area contributed by atoms with E-state index >= 15 is 0 Å². The van der Waals surface area contributed by atoms with Crippen LogP contribution < -0.4 is 5.32 Å². The molecule has 1 aromatic carbocycles. The van der Waals surface area contributed by atoms with Crippen molar-refractivity contribution in [3.8, 4) is 0 Å². The van der Waals surface area contributed by atoms with E-state index in [4.69, 9.17) is 5.11 Å². The smallest absolute Gasteiger partial charge is 0.308 e. The Bertz CT molecular complexity index is 724. The largest absolute Gasteiger partial charge is 0.481 e. The lowest BCUT2D eigenvalue weighted by atomic mass is 10.0. The van der Waals surface area contributed by atoms with Crippen LogP contribution in [0.3, 0.4) is 0 Å². The summed E-state index contributed by atoms with van der Waals surface area (Å²) in [5, 5.41) is 11.7. The summed E-state index contributed by atoms with van der Waals surface area (Å²) in [5.41, 5.74) is 0.309. The number of benzene rings is 1. The highest BCUT2D eigenvalue weighted by Crippen LogP contribution is 2.20. The van der Waals surface area contributed by atoms with Crippen LogP contribution in [-0.2, 0) is 14.8 Å². The molecule has 0 bridgehead atoms. The molecule has 2 N–H and O–H groups in total. The molecule has 0 saturated carbocycles. The summed E-state index contributed by atoms with van der Waals surface area (Å²) in [6.45, 7) is 2.99. The number of rotatable bonds is 8. The first-order chi connectivity index (χ1) is 12.4. The third-order valence-corrected chi connectivity index (χ3v) is 6.48. The molecule has 1 unspecified atom stereocenters. The minimum atomic E-state index is -3.52. The van der Waals surface area contributed by atoms with Crippen molar-refractivity contribution in [1.29, 1.82) is 0 Å². The number of aliphatic carboxylic acids is 1. The number of carbonyl (C=O) groups excluding carboxylic acids is 1. The zero-order chi connectivity index (χ0) is 19.2. The number of carboxylic acids is 1. The maximum absolute atomic E-state index is 12.6. The second-order valence-electron chi connectivity index (χ2n) is 6.52. The summed E-state index contributed by atoms with van der Waals surface area (Å²) in [7, 11) is -3.52. The van der Waals surface area contributed by atoms with E-state index in [0.29, 0.717) is 25.1 Å². The van der Waals surface area contributed by atoms with Gasteiger partial charge in [-0.05, 0) is 43.5 Å². The van der Waals surface area contributed by atoms with Crippen LogP contribution in [0, 0.1) is 5.92 Å². The molecule has 1 heterocycles. The molecule has 1 amide bonds. The van der Waals surface area contributed by atoms with Crippen LogP contribution in [0.15, 0.2) is 29.2 Å². The number of sulfonamides is 1.